The van der Waals surface area contributed by atoms with Gasteiger partial charge in [0.25, 0.3) is 0 Å². The van der Waals surface area contributed by atoms with E-state index in [2.05, 4.69) is 31.2 Å². The number of anilines is 1. The summed E-state index contributed by atoms with van der Waals surface area (Å²) in [5.74, 6) is 1.35. The Morgan fingerprint density at radius 2 is 2.00 bits per heavy atom. The molecule has 0 aliphatic carbocycles. The molecule has 1 aromatic heterocycles. The summed E-state index contributed by atoms with van der Waals surface area (Å²) in [6.07, 6.45) is 4.21. The van der Waals surface area contributed by atoms with Gasteiger partial charge < -0.3 is 15.2 Å². The molecule has 0 amide bonds. The van der Waals surface area contributed by atoms with E-state index < -0.39 is 0 Å². The second-order valence-electron chi connectivity index (χ2n) is 4.15. The molecule has 2 aromatic rings. The first-order valence-electron chi connectivity index (χ1n) is 6.25. The molecule has 2 rings (SSSR count). The topological polar surface area (TPSA) is 67.3 Å². The van der Waals surface area contributed by atoms with Crippen molar-refractivity contribution in [2.24, 2.45) is 0 Å². The molecule has 5 nitrogen and oxygen atoms in total. The Hall–Kier alpha value is -1.66. The quantitative estimate of drug-likeness (QED) is 0.793. The number of aliphatic hydroxyl groups excluding tert-OH is 1. The van der Waals surface area contributed by atoms with Gasteiger partial charge in [0, 0.05) is 31.1 Å². The monoisotopic (exact) mass is 337 g/mol. The summed E-state index contributed by atoms with van der Waals surface area (Å²) >= 11 is 3.46. The molecular formula is C14H16BrN3O2. The van der Waals surface area contributed by atoms with E-state index in [-0.39, 0.29) is 6.61 Å². The molecule has 0 spiro atoms. The van der Waals surface area contributed by atoms with Crippen molar-refractivity contribution in [1.82, 2.24) is 9.97 Å². The Bertz CT molecular complexity index is 561. The molecule has 0 saturated carbocycles. The van der Waals surface area contributed by atoms with E-state index in [0.29, 0.717) is 18.9 Å². The van der Waals surface area contributed by atoms with Crippen LogP contribution in [0.15, 0.2) is 35.1 Å². The highest BCUT2D eigenvalue weighted by Gasteiger charge is 2.04. The predicted molar refractivity (Wildman–Crippen MR) is 81.9 cm³/mol. The van der Waals surface area contributed by atoms with Gasteiger partial charge in [-0.05, 0) is 40.0 Å². The minimum Gasteiger partial charge on any atom is -0.496 e. The lowest BCUT2D eigenvalue weighted by atomic mass is 10.1. The van der Waals surface area contributed by atoms with Crippen LogP contribution in [0.3, 0.4) is 0 Å². The van der Waals surface area contributed by atoms with E-state index in [0.717, 1.165) is 21.3 Å². The minimum absolute atomic E-state index is 0.158. The molecule has 0 fully saturated rings. The van der Waals surface area contributed by atoms with Crippen molar-refractivity contribution in [2.75, 3.05) is 25.6 Å². The van der Waals surface area contributed by atoms with Crippen LogP contribution in [0.25, 0.3) is 11.1 Å². The molecule has 0 aliphatic heterocycles. The molecule has 0 saturated heterocycles. The van der Waals surface area contributed by atoms with Crippen LogP contribution in [0.2, 0.25) is 0 Å². The van der Waals surface area contributed by atoms with Crippen molar-refractivity contribution in [3.63, 3.8) is 0 Å². The molecule has 106 valence electrons. The van der Waals surface area contributed by atoms with Gasteiger partial charge in [0.05, 0.1) is 11.6 Å². The zero-order valence-electron chi connectivity index (χ0n) is 11.1. The molecule has 0 atom stereocenters. The van der Waals surface area contributed by atoms with Crippen LogP contribution in [-0.2, 0) is 0 Å². The maximum atomic E-state index is 8.71. The maximum absolute atomic E-state index is 8.71. The third-order valence-corrected chi connectivity index (χ3v) is 3.37. The molecule has 20 heavy (non-hydrogen) atoms. The summed E-state index contributed by atoms with van der Waals surface area (Å²) in [4.78, 5) is 8.50. The average molecular weight is 338 g/mol. The van der Waals surface area contributed by atoms with Gasteiger partial charge in [-0.25, -0.2) is 9.97 Å². The SMILES string of the molecule is COc1ccc(-c2cnc(NCCCO)nc2)cc1Br. The maximum Gasteiger partial charge on any atom is 0.222 e. The van der Waals surface area contributed by atoms with Crippen LogP contribution in [0.5, 0.6) is 5.75 Å². The first-order valence-corrected chi connectivity index (χ1v) is 7.04. The van der Waals surface area contributed by atoms with Gasteiger partial charge in [-0.2, -0.15) is 0 Å². The fourth-order valence-corrected chi connectivity index (χ4v) is 2.23. The molecule has 0 bridgehead atoms. The zero-order chi connectivity index (χ0) is 14.4. The molecule has 0 aliphatic rings. The van der Waals surface area contributed by atoms with Gasteiger partial charge in [0.15, 0.2) is 0 Å². The Balaban J connectivity index is 2.11. The van der Waals surface area contributed by atoms with Crippen LogP contribution in [0.4, 0.5) is 5.95 Å². The Morgan fingerprint density at radius 1 is 1.25 bits per heavy atom. The number of aromatic nitrogens is 2. The number of methoxy groups -OCH3 is 1. The predicted octanol–water partition coefficient (Wildman–Crippen LogP) is 2.71. The van der Waals surface area contributed by atoms with Crippen molar-refractivity contribution in [1.29, 1.82) is 0 Å². The summed E-state index contributed by atoms with van der Waals surface area (Å²) in [6.45, 7) is 0.814. The van der Waals surface area contributed by atoms with Crippen molar-refractivity contribution in [3.05, 3.63) is 35.1 Å². The Labute approximate surface area is 126 Å². The van der Waals surface area contributed by atoms with Gasteiger partial charge in [-0.15, -0.1) is 0 Å². The van der Waals surface area contributed by atoms with Crippen LogP contribution >= 0.6 is 15.9 Å². The first-order chi connectivity index (χ1) is 9.74. The molecule has 2 N–H and O–H groups in total. The van der Waals surface area contributed by atoms with Crippen molar-refractivity contribution < 1.29 is 9.84 Å². The molecule has 0 radical (unpaired) electrons. The van der Waals surface area contributed by atoms with Gasteiger partial charge in [-0.1, -0.05) is 6.07 Å². The van der Waals surface area contributed by atoms with Crippen molar-refractivity contribution >= 4 is 21.9 Å². The van der Waals surface area contributed by atoms with Crippen molar-refractivity contribution in [2.45, 2.75) is 6.42 Å². The van der Waals surface area contributed by atoms with Crippen molar-refractivity contribution in [3.8, 4) is 16.9 Å². The van der Waals surface area contributed by atoms with E-state index >= 15 is 0 Å². The second-order valence-corrected chi connectivity index (χ2v) is 5.00. The third kappa shape index (κ3) is 3.68. The average Bonchev–Trinajstić information content (AvgIpc) is 2.48. The summed E-state index contributed by atoms with van der Waals surface area (Å²) in [5, 5.41) is 11.8. The highest BCUT2D eigenvalue weighted by Crippen LogP contribution is 2.30. The summed E-state index contributed by atoms with van der Waals surface area (Å²) < 4.78 is 6.09. The number of halogens is 1. The Kier molecular flexibility index (Phi) is 5.31. The fraction of sp³-hybridized carbons (Fsp3) is 0.286. The van der Waals surface area contributed by atoms with E-state index in [9.17, 15) is 0 Å². The molecule has 6 heteroatoms. The van der Waals surface area contributed by atoms with E-state index in [1.807, 2.05) is 18.2 Å². The van der Waals surface area contributed by atoms with E-state index in [1.54, 1.807) is 19.5 Å². The van der Waals surface area contributed by atoms with Crippen LogP contribution in [0.1, 0.15) is 6.42 Å². The van der Waals surface area contributed by atoms with Crippen LogP contribution in [-0.4, -0.2) is 35.3 Å². The van der Waals surface area contributed by atoms with Crippen LogP contribution in [0, 0.1) is 0 Å². The summed E-state index contributed by atoms with van der Waals surface area (Å²) in [5.41, 5.74) is 1.95. The normalized spacial score (nSPS) is 10.3. The lowest BCUT2D eigenvalue weighted by Crippen LogP contribution is -2.06. The third-order valence-electron chi connectivity index (χ3n) is 2.75. The van der Waals surface area contributed by atoms with E-state index in [1.165, 1.54) is 0 Å². The highest BCUT2D eigenvalue weighted by atomic mass is 79.9. The van der Waals surface area contributed by atoms with Gasteiger partial charge in [0.1, 0.15) is 5.75 Å². The number of aliphatic hydroxyl groups is 1. The Morgan fingerprint density at radius 3 is 2.60 bits per heavy atom. The largest absolute Gasteiger partial charge is 0.496 e. The standard InChI is InChI=1S/C14H16BrN3O2/c1-20-13-4-3-10(7-12(13)15)11-8-17-14(18-9-11)16-5-2-6-19/h3-4,7-9,19H,2,5-6H2,1H3,(H,16,17,18). The van der Waals surface area contributed by atoms with Gasteiger partial charge in [0.2, 0.25) is 5.95 Å². The number of benzene rings is 1. The number of rotatable bonds is 6. The van der Waals surface area contributed by atoms with Gasteiger partial charge in [-0.3, -0.25) is 0 Å². The van der Waals surface area contributed by atoms with E-state index in [4.69, 9.17) is 9.84 Å². The molecular weight excluding hydrogens is 322 g/mol. The smallest absolute Gasteiger partial charge is 0.222 e. The summed E-state index contributed by atoms with van der Waals surface area (Å²) in [7, 11) is 1.63. The number of nitrogens with one attached hydrogen (secondary N) is 1. The zero-order valence-corrected chi connectivity index (χ0v) is 12.7. The summed E-state index contributed by atoms with van der Waals surface area (Å²) in [6, 6.07) is 5.82. The first kappa shape index (κ1) is 14.7. The van der Waals surface area contributed by atoms with Gasteiger partial charge >= 0.3 is 0 Å². The fourth-order valence-electron chi connectivity index (χ4n) is 1.69. The highest BCUT2D eigenvalue weighted by molar-refractivity contribution is 9.10. The second kappa shape index (κ2) is 7.21. The molecule has 0 unspecified atom stereocenters. The molecule has 1 aromatic carbocycles. The number of hydrogen-bond acceptors (Lipinski definition) is 5. The lowest BCUT2D eigenvalue weighted by molar-refractivity contribution is 0.292. The van der Waals surface area contributed by atoms with Crippen LogP contribution < -0.4 is 10.1 Å². The molecule has 1 heterocycles. The minimum atomic E-state index is 0.158. The lowest BCUT2D eigenvalue weighted by Gasteiger charge is -2.07. The number of ether oxygens (including phenoxy) is 1. The number of nitrogens with zero attached hydrogens (tertiary/aromatic N) is 2. The number of hydrogen-bond donors (Lipinski definition) is 2.